The van der Waals surface area contributed by atoms with Crippen molar-refractivity contribution in [1.82, 2.24) is 10.3 Å². The van der Waals surface area contributed by atoms with Gasteiger partial charge in [-0.1, -0.05) is 0 Å². The first-order valence-corrected chi connectivity index (χ1v) is 4.70. The van der Waals surface area contributed by atoms with Gasteiger partial charge in [-0.3, -0.25) is 4.79 Å². The van der Waals surface area contributed by atoms with Crippen molar-refractivity contribution in [1.29, 1.82) is 0 Å². The summed E-state index contributed by atoms with van der Waals surface area (Å²) in [6.45, 7) is 1.57. The Morgan fingerprint density at radius 1 is 1.69 bits per heavy atom. The molecule has 0 bridgehead atoms. The lowest BCUT2D eigenvalue weighted by molar-refractivity contribution is -0.119. The molecule has 0 fully saturated rings. The topological polar surface area (TPSA) is 44.9 Å². The molecule has 0 aromatic carbocycles. The van der Waals surface area contributed by atoms with Crippen LogP contribution in [0.5, 0.6) is 0 Å². The molecule has 1 heterocycles. The standard InChI is InChI=1S/C10H14N2O/c1-7(13)12-10-4-2-3-9-8(10)5-6-11-9/h5-6,10-11H,2-4H2,1H3,(H,12,13). The van der Waals surface area contributed by atoms with Crippen LogP contribution in [0.1, 0.15) is 37.1 Å². The van der Waals surface area contributed by atoms with Crippen LogP contribution in [0.2, 0.25) is 0 Å². The molecule has 1 aliphatic rings. The summed E-state index contributed by atoms with van der Waals surface area (Å²) >= 11 is 0. The number of nitrogens with one attached hydrogen (secondary N) is 2. The second kappa shape index (κ2) is 3.24. The van der Waals surface area contributed by atoms with Crippen molar-refractivity contribution in [2.75, 3.05) is 0 Å². The fourth-order valence-corrected chi connectivity index (χ4v) is 1.99. The Bertz CT molecular complexity index is 316. The van der Waals surface area contributed by atoms with Gasteiger partial charge in [0, 0.05) is 18.8 Å². The normalized spacial score (nSPS) is 20.8. The third-order valence-corrected chi connectivity index (χ3v) is 2.54. The minimum absolute atomic E-state index is 0.0547. The molecule has 0 aliphatic heterocycles. The van der Waals surface area contributed by atoms with Crippen molar-refractivity contribution in [2.24, 2.45) is 0 Å². The molecule has 3 nitrogen and oxygen atoms in total. The van der Waals surface area contributed by atoms with Crippen LogP contribution in [0, 0.1) is 0 Å². The van der Waals surface area contributed by atoms with Gasteiger partial charge in [0.1, 0.15) is 0 Å². The molecule has 1 aromatic rings. The molecule has 70 valence electrons. The fourth-order valence-electron chi connectivity index (χ4n) is 1.99. The zero-order chi connectivity index (χ0) is 9.26. The molecule has 1 unspecified atom stereocenters. The van der Waals surface area contributed by atoms with E-state index < -0.39 is 0 Å². The lowest BCUT2D eigenvalue weighted by atomic mass is 9.93. The van der Waals surface area contributed by atoms with Gasteiger partial charge in [0.05, 0.1) is 6.04 Å². The van der Waals surface area contributed by atoms with Gasteiger partial charge in [-0.25, -0.2) is 0 Å². The predicted molar refractivity (Wildman–Crippen MR) is 50.3 cm³/mol. The Hall–Kier alpha value is -1.25. The predicted octanol–water partition coefficient (Wildman–Crippen LogP) is 1.53. The highest BCUT2D eigenvalue weighted by Gasteiger charge is 2.20. The Morgan fingerprint density at radius 2 is 2.54 bits per heavy atom. The van der Waals surface area contributed by atoms with Crippen LogP contribution < -0.4 is 5.32 Å². The average molecular weight is 178 g/mol. The Labute approximate surface area is 77.5 Å². The SMILES string of the molecule is CC(=O)NC1CCCc2[nH]ccc21. The highest BCUT2D eigenvalue weighted by atomic mass is 16.1. The van der Waals surface area contributed by atoms with Gasteiger partial charge in [-0.2, -0.15) is 0 Å². The summed E-state index contributed by atoms with van der Waals surface area (Å²) in [5, 5.41) is 2.97. The van der Waals surface area contributed by atoms with Crippen molar-refractivity contribution in [3.05, 3.63) is 23.5 Å². The van der Waals surface area contributed by atoms with Gasteiger partial charge in [-0.15, -0.1) is 0 Å². The first kappa shape index (κ1) is 8.35. The second-order valence-corrected chi connectivity index (χ2v) is 3.56. The van der Waals surface area contributed by atoms with E-state index in [0.29, 0.717) is 0 Å². The van der Waals surface area contributed by atoms with E-state index in [0.717, 1.165) is 19.3 Å². The van der Waals surface area contributed by atoms with E-state index in [1.165, 1.54) is 11.3 Å². The molecular weight excluding hydrogens is 164 g/mol. The number of aryl methyl sites for hydroxylation is 1. The lowest BCUT2D eigenvalue weighted by Crippen LogP contribution is -2.28. The molecule has 1 amide bonds. The summed E-state index contributed by atoms with van der Waals surface area (Å²) in [5.74, 6) is 0.0547. The van der Waals surface area contributed by atoms with E-state index >= 15 is 0 Å². The molecule has 3 heteroatoms. The largest absolute Gasteiger partial charge is 0.365 e. The molecule has 1 aromatic heterocycles. The number of hydrogen-bond donors (Lipinski definition) is 2. The number of H-pyrrole nitrogens is 1. The van der Waals surface area contributed by atoms with Crippen LogP contribution in [0.25, 0.3) is 0 Å². The van der Waals surface area contributed by atoms with Crippen LogP contribution in [0.15, 0.2) is 12.3 Å². The molecule has 0 spiro atoms. The number of amides is 1. The van der Waals surface area contributed by atoms with Crippen molar-refractivity contribution in [3.63, 3.8) is 0 Å². The number of fused-ring (bicyclic) bond motifs is 1. The fraction of sp³-hybridized carbons (Fsp3) is 0.500. The summed E-state index contributed by atoms with van der Waals surface area (Å²) in [6, 6.07) is 2.29. The van der Waals surface area contributed by atoms with Crippen molar-refractivity contribution >= 4 is 5.91 Å². The van der Waals surface area contributed by atoms with Crippen LogP contribution in [0.3, 0.4) is 0 Å². The van der Waals surface area contributed by atoms with Gasteiger partial charge in [0.15, 0.2) is 0 Å². The van der Waals surface area contributed by atoms with Crippen molar-refractivity contribution < 1.29 is 4.79 Å². The van der Waals surface area contributed by atoms with Crippen LogP contribution in [-0.4, -0.2) is 10.9 Å². The number of carbonyl (C=O) groups is 1. The Balaban J connectivity index is 2.20. The van der Waals surface area contributed by atoms with Gasteiger partial charge >= 0.3 is 0 Å². The third-order valence-electron chi connectivity index (χ3n) is 2.54. The molecule has 0 saturated heterocycles. The monoisotopic (exact) mass is 178 g/mol. The molecule has 13 heavy (non-hydrogen) atoms. The highest BCUT2D eigenvalue weighted by molar-refractivity contribution is 5.73. The van der Waals surface area contributed by atoms with E-state index in [9.17, 15) is 4.79 Å². The van der Waals surface area contributed by atoms with Gasteiger partial charge in [0.2, 0.25) is 5.91 Å². The molecule has 0 saturated carbocycles. The zero-order valence-electron chi connectivity index (χ0n) is 7.76. The summed E-state index contributed by atoms with van der Waals surface area (Å²) in [4.78, 5) is 14.1. The molecule has 1 atom stereocenters. The first-order chi connectivity index (χ1) is 6.27. The highest BCUT2D eigenvalue weighted by Crippen LogP contribution is 2.28. The first-order valence-electron chi connectivity index (χ1n) is 4.70. The third kappa shape index (κ3) is 1.59. The quantitative estimate of drug-likeness (QED) is 0.673. The van der Waals surface area contributed by atoms with Crippen molar-refractivity contribution in [2.45, 2.75) is 32.2 Å². The molecular formula is C10H14N2O. The molecule has 0 radical (unpaired) electrons. The summed E-state index contributed by atoms with van der Waals surface area (Å²) in [6.07, 6.45) is 5.27. The number of carbonyl (C=O) groups excluding carboxylic acids is 1. The molecule has 2 N–H and O–H groups in total. The average Bonchev–Trinajstić information content (AvgIpc) is 2.51. The van der Waals surface area contributed by atoms with Crippen LogP contribution in [-0.2, 0) is 11.2 Å². The number of hydrogen-bond acceptors (Lipinski definition) is 1. The Kier molecular flexibility index (Phi) is 2.08. The maximum absolute atomic E-state index is 10.9. The maximum Gasteiger partial charge on any atom is 0.217 e. The second-order valence-electron chi connectivity index (χ2n) is 3.56. The minimum atomic E-state index is 0.0547. The maximum atomic E-state index is 10.9. The van der Waals surface area contributed by atoms with Crippen molar-refractivity contribution in [3.8, 4) is 0 Å². The van der Waals surface area contributed by atoms with Gasteiger partial charge in [-0.05, 0) is 30.9 Å². The van der Waals surface area contributed by atoms with Crippen LogP contribution >= 0.6 is 0 Å². The smallest absolute Gasteiger partial charge is 0.217 e. The zero-order valence-corrected chi connectivity index (χ0v) is 7.76. The van der Waals surface area contributed by atoms with Gasteiger partial charge < -0.3 is 10.3 Å². The van der Waals surface area contributed by atoms with E-state index in [1.807, 2.05) is 6.20 Å². The molecule has 2 rings (SSSR count). The van der Waals surface area contributed by atoms with Gasteiger partial charge in [0.25, 0.3) is 0 Å². The van der Waals surface area contributed by atoms with E-state index in [-0.39, 0.29) is 11.9 Å². The number of aromatic amines is 1. The van der Waals surface area contributed by atoms with E-state index in [4.69, 9.17) is 0 Å². The number of rotatable bonds is 1. The minimum Gasteiger partial charge on any atom is -0.365 e. The summed E-state index contributed by atoms with van der Waals surface area (Å²) in [7, 11) is 0. The summed E-state index contributed by atoms with van der Waals surface area (Å²) < 4.78 is 0. The van der Waals surface area contributed by atoms with Crippen LogP contribution in [0.4, 0.5) is 0 Å². The summed E-state index contributed by atoms with van der Waals surface area (Å²) in [5.41, 5.74) is 2.55. The lowest BCUT2D eigenvalue weighted by Gasteiger charge is -2.22. The van der Waals surface area contributed by atoms with E-state index in [1.54, 1.807) is 6.92 Å². The molecule has 1 aliphatic carbocycles. The Morgan fingerprint density at radius 3 is 3.31 bits per heavy atom. The number of aromatic nitrogens is 1. The van der Waals surface area contributed by atoms with E-state index in [2.05, 4.69) is 16.4 Å².